The number of anilines is 1. The number of benzene rings is 1. The standard InChI is InChI=1S/C11H10N6O/c1-7-4-9(18)2-3-10(7)13-6-8(5-12)11-14-16-17-15-11/h2-4,6,13,18H,1H3,(H,14,15,16,17). The second-order valence-corrected chi connectivity index (χ2v) is 3.55. The van der Waals surface area contributed by atoms with E-state index in [0.717, 1.165) is 11.3 Å². The van der Waals surface area contributed by atoms with Gasteiger partial charge >= 0.3 is 0 Å². The van der Waals surface area contributed by atoms with Crippen molar-refractivity contribution in [2.24, 2.45) is 0 Å². The Balaban J connectivity index is 2.22. The van der Waals surface area contributed by atoms with Crippen molar-refractivity contribution < 1.29 is 5.11 Å². The number of hydrogen-bond donors (Lipinski definition) is 3. The van der Waals surface area contributed by atoms with Gasteiger partial charge in [0.05, 0.1) is 0 Å². The number of aryl methyl sites for hydroxylation is 1. The van der Waals surface area contributed by atoms with Crippen LogP contribution in [0.2, 0.25) is 0 Å². The molecule has 2 rings (SSSR count). The first-order valence-corrected chi connectivity index (χ1v) is 5.11. The second-order valence-electron chi connectivity index (χ2n) is 3.55. The molecule has 0 saturated heterocycles. The summed E-state index contributed by atoms with van der Waals surface area (Å²) >= 11 is 0. The smallest absolute Gasteiger partial charge is 0.216 e. The summed E-state index contributed by atoms with van der Waals surface area (Å²) in [5, 5.41) is 34.3. The SMILES string of the molecule is Cc1cc(O)ccc1NC=C(C#N)c1nn[nH]n1. The molecule has 0 fully saturated rings. The fourth-order valence-electron chi connectivity index (χ4n) is 1.38. The molecule has 0 amide bonds. The molecule has 0 saturated carbocycles. The van der Waals surface area contributed by atoms with Crippen LogP contribution in [0.3, 0.4) is 0 Å². The molecule has 0 radical (unpaired) electrons. The number of nitrogens with zero attached hydrogens (tertiary/aromatic N) is 4. The van der Waals surface area contributed by atoms with Crippen LogP contribution in [-0.2, 0) is 0 Å². The van der Waals surface area contributed by atoms with E-state index in [-0.39, 0.29) is 17.1 Å². The number of aromatic nitrogens is 4. The highest BCUT2D eigenvalue weighted by molar-refractivity contribution is 5.74. The summed E-state index contributed by atoms with van der Waals surface area (Å²) in [5.74, 6) is 0.419. The maximum atomic E-state index is 9.28. The van der Waals surface area contributed by atoms with Gasteiger partial charge in [-0.15, -0.1) is 10.2 Å². The normalized spacial score (nSPS) is 11.0. The Labute approximate surface area is 103 Å². The van der Waals surface area contributed by atoms with Crippen LogP contribution in [-0.4, -0.2) is 25.7 Å². The summed E-state index contributed by atoms with van der Waals surface area (Å²) in [6, 6.07) is 6.87. The molecule has 18 heavy (non-hydrogen) atoms. The Hall–Kier alpha value is -2.88. The summed E-state index contributed by atoms with van der Waals surface area (Å²) in [6.45, 7) is 1.84. The predicted octanol–water partition coefficient (Wildman–Crippen LogP) is 1.19. The quantitative estimate of drug-likeness (QED) is 0.550. The molecule has 2 aromatic rings. The Morgan fingerprint density at radius 2 is 2.39 bits per heavy atom. The van der Waals surface area contributed by atoms with Crippen molar-refractivity contribution in [3.05, 3.63) is 35.8 Å². The van der Waals surface area contributed by atoms with Gasteiger partial charge in [0.1, 0.15) is 17.4 Å². The van der Waals surface area contributed by atoms with Crippen molar-refractivity contribution in [1.82, 2.24) is 20.6 Å². The highest BCUT2D eigenvalue weighted by Crippen LogP contribution is 2.20. The summed E-state index contributed by atoms with van der Waals surface area (Å²) in [7, 11) is 0. The van der Waals surface area contributed by atoms with Crippen LogP contribution in [0.1, 0.15) is 11.4 Å². The zero-order valence-electron chi connectivity index (χ0n) is 9.55. The predicted molar refractivity (Wildman–Crippen MR) is 64.2 cm³/mol. The molecule has 1 heterocycles. The highest BCUT2D eigenvalue weighted by Gasteiger charge is 2.05. The lowest BCUT2D eigenvalue weighted by molar-refractivity contribution is 0.475. The second kappa shape index (κ2) is 4.97. The molecular formula is C11H10N6O. The molecule has 7 heteroatoms. The molecule has 1 aromatic carbocycles. The summed E-state index contributed by atoms with van der Waals surface area (Å²) < 4.78 is 0. The average Bonchev–Trinajstić information content (AvgIpc) is 2.86. The molecule has 0 aliphatic rings. The summed E-state index contributed by atoms with van der Waals surface area (Å²) in [6.07, 6.45) is 1.49. The largest absolute Gasteiger partial charge is 0.508 e. The molecular weight excluding hydrogens is 232 g/mol. The van der Waals surface area contributed by atoms with Crippen LogP contribution >= 0.6 is 0 Å². The number of nitrogens with one attached hydrogen (secondary N) is 2. The number of H-pyrrole nitrogens is 1. The van der Waals surface area contributed by atoms with Crippen LogP contribution in [0.4, 0.5) is 5.69 Å². The van der Waals surface area contributed by atoms with Gasteiger partial charge in [-0.25, -0.2) is 0 Å². The third-order valence-electron chi connectivity index (χ3n) is 2.29. The molecule has 1 aromatic heterocycles. The molecule has 0 aliphatic carbocycles. The number of aromatic hydroxyl groups is 1. The lowest BCUT2D eigenvalue weighted by Crippen LogP contribution is -1.94. The molecule has 0 spiro atoms. The third-order valence-corrected chi connectivity index (χ3v) is 2.29. The van der Waals surface area contributed by atoms with Crippen molar-refractivity contribution >= 4 is 11.3 Å². The van der Waals surface area contributed by atoms with Crippen LogP contribution < -0.4 is 5.32 Å². The van der Waals surface area contributed by atoms with E-state index in [1.54, 1.807) is 18.2 Å². The minimum atomic E-state index is 0.195. The van der Waals surface area contributed by atoms with Crippen LogP contribution in [0.5, 0.6) is 5.75 Å². The molecule has 0 unspecified atom stereocenters. The van der Waals surface area contributed by atoms with Gasteiger partial charge in [-0.05, 0) is 35.9 Å². The number of phenols is 1. The molecule has 7 nitrogen and oxygen atoms in total. The zero-order chi connectivity index (χ0) is 13.0. The van der Waals surface area contributed by atoms with Crippen molar-refractivity contribution in [2.75, 3.05) is 5.32 Å². The molecule has 0 bridgehead atoms. The van der Waals surface area contributed by atoms with Crippen molar-refractivity contribution in [1.29, 1.82) is 5.26 Å². The third kappa shape index (κ3) is 2.44. The lowest BCUT2D eigenvalue weighted by atomic mass is 10.2. The minimum absolute atomic E-state index is 0.195. The first-order valence-electron chi connectivity index (χ1n) is 5.11. The van der Waals surface area contributed by atoms with Crippen LogP contribution in [0, 0.1) is 18.3 Å². The van der Waals surface area contributed by atoms with Crippen molar-refractivity contribution in [3.8, 4) is 11.8 Å². The number of hydrogen-bond acceptors (Lipinski definition) is 6. The van der Waals surface area contributed by atoms with Gasteiger partial charge in [-0.2, -0.15) is 10.5 Å². The molecule has 0 aliphatic heterocycles. The van der Waals surface area contributed by atoms with Gasteiger partial charge < -0.3 is 10.4 Å². The first-order chi connectivity index (χ1) is 8.70. The summed E-state index contributed by atoms with van der Waals surface area (Å²) in [5.41, 5.74) is 1.90. The summed E-state index contributed by atoms with van der Waals surface area (Å²) in [4.78, 5) is 0. The Kier molecular flexibility index (Phi) is 3.20. The number of nitriles is 1. The number of rotatable bonds is 3. The Morgan fingerprint density at radius 1 is 1.56 bits per heavy atom. The lowest BCUT2D eigenvalue weighted by Gasteiger charge is -2.05. The van der Waals surface area contributed by atoms with E-state index < -0.39 is 0 Å². The molecule has 90 valence electrons. The monoisotopic (exact) mass is 242 g/mol. The van der Waals surface area contributed by atoms with Gasteiger partial charge in [-0.1, -0.05) is 0 Å². The molecule has 3 N–H and O–H groups in total. The Morgan fingerprint density at radius 3 is 3.00 bits per heavy atom. The maximum Gasteiger partial charge on any atom is 0.216 e. The fourth-order valence-corrected chi connectivity index (χ4v) is 1.38. The average molecular weight is 242 g/mol. The number of aromatic amines is 1. The van der Waals surface area contributed by atoms with E-state index in [1.807, 2.05) is 13.0 Å². The van der Waals surface area contributed by atoms with E-state index in [2.05, 4.69) is 25.9 Å². The fraction of sp³-hybridized carbons (Fsp3) is 0.0909. The van der Waals surface area contributed by atoms with E-state index in [0.29, 0.717) is 0 Å². The minimum Gasteiger partial charge on any atom is -0.508 e. The van der Waals surface area contributed by atoms with Crippen molar-refractivity contribution in [2.45, 2.75) is 6.92 Å². The topological polar surface area (TPSA) is 111 Å². The number of phenolic OH excluding ortho intramolecular Hbond substituents is 1. The van der Waals surface area contributed by atoms with Gasteiger partial charge in [0.15, 0.2) is 0 Å². The molecule has 0 atom stereocenters. The van der Waals surface area contributed by atoms with E-state index in [4.69, 9.17) is 5.26 Å². The maximum absolute atomic E-state index is 9.28. The van der Waals surface area contributed by atoms with Gasteiger partial charge in [0.2, 0.25) is 5.82 Å². The van der Waals surface area contributed by atoms with Gasteiger partial charge in [-0.3, -0.25) is 0 Å². The van der Waals surface area contributed by atoms with E-state index >= 15 is 0 Å². The highest BCUT2D eigenvalue weighted by atomic mass is 16.3. The number of allylic oxidation sites excluding steroid dienone is 1. The Bertz CT molecular complexity index is 611. The van der Waals surface area contributed by atoms with E-state index in [9.17, 15) is 5.11 Å². The zero-order valence-corrected chi connectivity index (χ0v) is 9.55. The van der Waals surface area contributed by atoms with Gasteiger partial charge in [0.25, 0.3) is 0 Å². The van der Waals surface area contributed by atoms with Crippen LogP contribution in [0.25, 0.3) is 5.57 Å². The van der Waals surface area contributed by atoms with E-state index in [1.165, 1.54) is 6.20 Å². The van der Waals surface area contributed by atoms with Crippen LogP contribution in [0.15, 0.2) is 24.4 Å². The first kappa shape index (κ1) is 11.6. The van der Waals surface area contributed by atoms with Crippen molar-refractivity contribution in [3.63, 3.8) is 0 Å². The number of tetrazole rings is 1. The van der Waals surface area contributed by atoms with Gasteiger partial charge in [0, 0.05) is 11.9 Å².